The first-order chi connectivity index (χ1) is 10.2. The highest BCUT2D eigenvalue weighted by molar-refractivity contribution is 5.74. The molecule has 1 aliphatic heterocycles. The number of carboxylic acid groups (broad SMARTS) is 1. The van der Waals surface area contributed by atoms with Crippen LogP contribution in [0.2, 0.25) is 0 Å². The molecule has 2 heterocycles. The quantitative estimate of drug-likeness (QED) is 0.855. The van der Waals surface area contributed by atoms with E-state index < -0.39 is 5.97 Å². The molecule has 0 spiro atoms. The summed E-state index contributed by atoms with van der Waals surface area (Å²) in [6.07, 6.45) is 5.05. The smallest absolute Gasteiger partial charge is 0.317 e. The van der Waals surface area contributed by atoms with Gasteiger partial charge in [-0.05, 0) is 37.8 Å². The van der Waals surface area contributed by atoms with Crippen molar-refractivity contribution in [1.29, 1.82) is 0 Å². The molecule has 0 radical (unpaired) electrons. The number of hydrogen-bond acceptors (Lipinski definition) is 4. The third kappa shape index (κ3) is 4.70. The summed E-state index contributed by atoms with van der Waals surface area (Å²) in [7, 11) is 0. The molecule has 0 saturated carbocycles. The van der Waals surface area contributed by atoms with E-state index in [-0.39, 0.29) is 18.5 Å². The summed E-state index contributed by atoms with van der Waals surface area (Å²) in [5.41, 5.74) is 0.699. The Balaban J connectivity index is 1.87. The van der Waals surface area contributed by atoms with Crippen LogP contribution in [-0.2, 0) is 11.3 Å². The average molecular weight is 292 g/mol. The molecular weight excluding hydrogens is 272 g/mol. The third-order valence-electron chi connectivity index (χ3n) is 3.63. The summed E-state index contributed by atoms with van der Waals surface area (Å²) < 4.78 is 0. The molecule has 114 valence electrons. The Bertz CT molecular complexity index is 480. The van der Waals surface area contributed by atoms with E-state index in [0.29, 0.717) is 25.2 Å². The van der Waals surface area contributed by atoms with Gasteiger partial charge in [-0.1, -0.05) is 0 Å². The van der Waals surface area contributed by atoms with E-state index in [1.165, 1.54) is 0 Å². The van der Waals surface area contributed by atoms with Crippen molar-refractivity contribution in [2.45, 2.75) is 44.7 Å². The first kappa shape index (κ1) is 15.2. The number of carbonyl (C=O) groups excluding carboxylic acids is 1. The van der Waals surface area contributed by atoms with Crippen LogP contribution >= 0.6 is 0 Å². The number of carboxylic acids is 1. The van der Waals surface area contributed by atoms with Gasteiger partial charge in [-0.3, -0.25) is 4.79 Å². The van der Waals surface area contributed by atoms with E-state index in [1.54, 1.807) is 23.2 Å². The van der Waals surface area contributed by atoms with Crippen molar-refractivity contribution in [1.82, 2.24) is 20.4 Å². The summed E-state index contributed by atoms with van der Waals surface area (Å²) in [6.45, 7) is 1.01. The number of nitrogens with zero attached hydrogens (tertiary/aromatic N) is 3. The maximum atomic E-state index is 12.2. The molecule has 2 amide bonds. The third-order valence-corrected chi connectivity index (χ3v) is 3.63. The van der Waals surface area contributed by atoms with E-state index in [4.69, 9.17) is 5.11 Å². The molecule has 2 rings (SSSR count). The number of nitrogens with one attached hydrogen (secondary N) is 1. The summed E-state index contributed by atoms with van der Waals surface area (Å²) in [6, 6.07) is 3.42. The predicted molar refractivity (Wildman–Crippen MR) is 75.5 cm³/mol. The van der Waals surface area contributed by atoms with Crippen LogP contribution in [0, 0.1) is 0 Å². The SMILES string of the molecule is O=C(O)CCC1CCCCN1C(=O)NCc1cccnn1. The number of hydrogen-bond donors (Lipinski definition) is 2. The lowest BCUT2D eigenvalue weighted by Gasteiger charge is -2.35. The van der Waals surface area contributed by atoms with Crippen LogP contribution in [0.5, 0.6) is 0 Å². The molecule has 2 N–H and O–H groups in total. The van der Waals surface area contributed by atoms with Crippen LogP contribution in [0.25, 0.3) is 0 Å². The van der Waals surface area contributed by atoms with Gasteiger partial charge in [0.2, 0.25) is 0 Å². The van der Waals surface area contributed by atoms with Crippen molar-refractivity contribution in [2.24, 2.45) is 0 Å². The first-order valence-corrected chi connectivity index (χ1v) is 7.19. The number of amides is 2. The lowest BCUT2D eigenvalue weighted by Crippen LogP contribution is -2.48. The van der Waals surface area contributed by atoms with E-state index in [1.807, 2.05) is 0 Å². The minimum absolute atomic E-state index is 0.0108. The zero-order chi connectivity index (χ0) is 15.1. The van der Waals surface area contributed by atoms with Gasteiger partial charge in [0.1, 0.15) is 0 Å². The van der Waals surface area contributed by atoms with E-state index in [0.717, 1.165) is 19.3 Å². The van der Waals surface area contributed by atoms with Crippen LogP contribution in [0.3, 0.4) is 0 Å². The molecule has 0 aromatic carbocycles. The summed E-state index contributed by atoms with van der Waals surface area (Å²) >= 11 is 0. The number of urea groups is 1. The largest absolute Gasteiger partial charge is 0.481 e. The predicted octanol–water partition coefficient (Wildman–Crippen LogP) is 1.41. The van der Waals surface area contributed by atoms with Gasteiger partial charge in [0.15, 0.2) is 0 Å². The molecule has 1 saturated heterocycles. The van der Waals surface area contributed by atoms with Gasteiger partial charge in [-0.2, -0.15) is 10.2 Å². The zero-order valence-electron chi connectivity index (χ0n) is 11.9. The monoisotopic (exact) mass is 292 g/mol. The molecule has 1 atom stereocenters. The van der Waals surface area contributed by atoms with Gasteiger partial charge >= 0.3 is 12.0 Å². The fourth-order valence-corrected chi connectivity index (χ4v) is 2.55. The minimum atomic E-state index is -0.819. The average Bonchev–Trinajstić information content (AvgIpc) is 2.52. The Hall–Kier alpha value is -2.18. The van der Waals surface area contributed by atoms with Gasteiger partial charge in [0.05, 0.1) is 12.2 Å². The molecule has 7 heteroatoms. The van der Waals surface area contributed by atoms with Gasteiger partial charge in [-0.25, -0.2) is 4.79 Å². The van der Waals surface area contributed by atoms with Crippen LogP contribution in [0.15, 0.2) is 18.3 Å². The summed E-state index contributed by atoms with van der Waals surface area (Å²) in [5, 5.41) is 19.3. The van der Waals surface area contributed by atoms with Crippen molar-refractivity contribution in [3.8, 4) is 0 Å². The number of likely N-dealkylation sites (tertiary alicyclic amines) is 1. The minimum Gasteiger partial charge on any atom is -0.481 e. The Morgan fingerprint density at radius 1 is 1.43 bits per heavy atom. The van der Waals surface area contributed by atoms with Crippen molar-refractivity contribution >= 4 is 12.0 Å². The number of aliphatic carboxylic acids is 1. The maximum absolute atomic E-state index is 12.2. The van der Waals surface area contributed by atoms with Gasteiger partial charge in [0, 0.05) is 25.2 Å². The normalized spacial score (nSPS) is 18.3. The van der Waals surface area contributed by atoms with Gasteiger partial charge in [-0.15, -0.1) is 0 Å². The Kier molecular flexibility index (Phi) is 5.48. The van der Waals surface area contributed by atoms with Crippen LogP contribution in [0.4, 0.5) is 4.79 Å². The molecule has 0 bridgehead atoms. The molecule has 0 aliphatic carbocycles. The maximum Gasteiger partial charge on any atom is 0.317 e. The van der Waals surface area contributed by atoms with E-state index in [9.17, 15) is 9.59 Å². The second-order valence-corrected chi connectivity index (χ2v) is 5.15. The highest BCUT2D eigenvalue weighted by Crippen LogP contribution is 2.21. The van der Waals surface area contributed by atoms with Crippen molar-refractivity contribution < 1.29 is 14.7 Å². The van der Waals surface area contributed by atoms with E-state index in [2.05, 4.69) is 15.5 Å². The molecule has 1 unspecified atom stereocenters. The lowest BCUT2D eigenvalue weighted by molar-refractivity contribution is -0.137. The summed E-state index contributed by atoms with van der Waals surface area (Å²) in [4.78, 5) is 24.7. The fourth-order valence-electron chi connectivity index (χ4n) is 2.55. The highest BCUT2D eigenvalue weighted by atomic mass is 16.4. The molecule has 1 aliphatic rings. The highest BCUT2D eigenvalue weighted by Gasteiger charge is 2.26. The molecule has 1 fully saturated rings. The Morgan fingerprint density at radius 3 is 3.00 bits per heavy atom. The second kappa shape index (κ2) is 7.56. The van der Waals surface area contributed by atoms with Crippen molar-refractivity contribution in [3.63, 3.8) is 0 Å². The van der Waals surface area contributed by atoms with Crippen molar-refractivity contribution in [3.05, 3.63) is 24.0 Å². The standard InChI is InChI=1S/C14H20N4O3/c19-13(20)7-6-12-5-1-2-9-18(12)14(21)15-10-11-4-3-8-16-17-11/h3-4,8,12H,1-2,5-7,9-10H2,(H,15,21)(H,19,20). The second-order valence-electron chi connectivity index (χ2n) is 5.15. The lowest BCUT2D eigenvalue weighted by atomic mass is 9.98. The molecule has 1 aromatic heterocycles. The summed E-state index contributed by atoms with van der Waals surface area (Å²) in [5.74, 6) is -0.819. The Labute approximate surface area is 123 Å². The van der Waals surface area contributed by atoms with Gasteiger partial charge in [0.25, 0.3) is 0 Å². The Morgan fingerprint density at radius 2 is 2.29 bits per heavy atom. The zero-order valence-corrected chi connectivity index (χ0v) is 11.9. The van der Waals surface area contributed by atoms with Crippen LogP contribution < -0.4 is 5.32 Å². The number of piperidine rings is 1. The number of rotatable bonds is 5. The fraction of sp³-hybridized carbons (Fsp3) is 0.571. The van der Waals surface area contributed by atoms with Crippen molar-refractivity contribution in [2.75, 3.05) is 6.54 Å². The van der Waals surface area contributed by atoms with Gasteiger partial charge < -0.3 is 15.3 Å². The topological polar surface area (TPSA) is 95.4 Å². The number of carbonyl (C=O) groups is 2. The van der Waals surface area contributed by atoms with E-state index >= 15 is 0 Å². The van der Waals surface area contributed by atoms with Crippen LogP contribution in [0.1, 0.15) is 37.8 Å². The molecule has 7 nitrogen and oxygen atoms in total. The molecule has 21 heavy (non-hydrogen) atoms. The molecule has 1 aromatic rings. The molecular formula is C14H20N4O3. The first-order valence-electron chi connectivity index (χ1n) is 7.19. The van der Waals surface area contributed by atoms with Crippen LogP contribution in [-0.4, -0.2) is 44.8 Å². The number of aromatic nitrogens is 2.